The monoisotopic (exact) mass is 180 g/mol. The Balaban J connectivity index is 2.70. The second-order valence-corrected chi connectivity index (χ2v) is 2.74. The van der Waals surface area contributed by atoms with Gasteiger partial charge in [-0.1, -0.05) is 0 Å². The molecule has 0 saturated carbocycles. The summed E-state index contributed by atoms with van der Waals surface area (Å²) in [5.74, 6) is 0.760. The summed E-state index contributed by atoms with van der Waals surface area (Å²) < 4.78 is 4.48. The minimum Gasteiger partial charge on any atom is -0.382 e. The second-order valence-electron chi connectivity index (χ2n) is 2.74. The summed E-state index contributed by atoms with van der Waals surface area (Å²) in [5, 5.41) is 7.14. The molecule has 2 N–H and O–H groups in total. The molecule has 2 aromatic rings. The molecule has 7 heteroatoms. The van der Waals surface area contributed by atoms with Gasteiger partial charge in [0.15, 0.2) is 11.3 Å². The number of nitrogens with zero attached hydrogens (tertiary/aromatic N) is 5. The number of fused-ring (bicyclic) bond motifs is 1. The summed E-state index contributed by atoms with van der Waals surface area (Å²) in [6.07, 6.45) is 0. The molecule has 0 aliphatic rings. The van der Waals surface area contributed by atoms with Crippen molar-refractivity contribution in [3.8, 4) is 0 Å². The zero-order valence-electron chi connectivity index (χ0n) is 7.22. The highest BCUT2D eigenvalue weighted by Gasteiger charge is 2.10. The van der Waals surface area contributed by atoms with E-state index >= 15 is 0 Å². The number of hydrogen-bond acceptors (Lipinski definition) is 7. The molecule has 0 aliphatic carbocycles. The zero-order chi connectivity index (χ0) is 9.42. The van der Waals surface area contributed by atoms with E-state index in [2.05, 4.69) is 24.9 Å². The standard InChI is InChI=1S/C6H8N6O/c1-12(2)6-8-4(7)3-5(9-6)11-13-10-3/h1-2H3,(H2,7,8,9,11). The van der Waals surface area contributed by atoms with Crippen LogP contribution in [0.3, 0.4) is 0 Å². The number of nitrogens with two attached hydrogens (primary N) is 1. The molecule has 7 nitrogen and oxygen atoms in total. The van der Waals surface area contributed by atoms with Crippen LogP contribution in [0.4, 0.5) is 11.8 Å². The molecule has 0 atom stereocenters. The first-order chi connectivity index (χ1) is 6.18. The van der Waals surface area contributed by atoms with Crippen LogP contribution in [-0.2, 0) is 0 Å². The van der Waals surface area contributed by atoms with Crippen LogP contribution in [-0.4, -0.2) is 34.4 Å². The van der Waals surface area contributed by atoms with Gasteiger partial charge in [0.05, 0.1) is 0 Å². The number of aromatic nitrogens is 4. The molecule has 2 aromatic heterocycles. The molecule has 0 bridgehead atoms. The van der Waals surface area contributed by atoms with Gasteiger partial charge in [-0.15, -0.1) is 0 Å². The van der Waals surface area contributed by atoms with E-state index in [9.17, 15) is 0 Å². The van der Waals surface area contributed by atoms with Gasteiger partial charge in [-0.25, -0.2) is 4.63 Å². The highest BCUT2D eigenvalue weighted by atomic mass is 16.6. The third-order valence-electron chi connectivity index (χ3n) is 1.54. The van der Waals surface area contributed by atoms with Crippen LogP contribution in [0.5, 0.6) is 0 Å². The van der Waals surface area contributed by atoms with Gasteiger partial charge in [0.1, 0.15) is 0 Å². The lowest BCUT2D eigenvalue weighted by molar-refractivity contribution is 0.315. The van der Waals surface area contributed by atoms with Crippen LogP contribution < -0.4 is 10.6 Å². The molecule has 0 aliphatic heterocycles. The van der Waals surface area contributed by atoms with E-state index in [4.69, 9.17) is 5.73 Å². The smallest absolute Gasteiger partial charge is 0.231 e. The summed E-state index contributed by atoms with van der Waals surface area (Å²) in [6.45, 7) is 0. The van der Waals surface area contributed by atoms with E-state index in [0.29, 0.717) is 17.1 Å². The fourth-order valence-corrected chi connectivity index (χ4v) is 0.899. The van der Waals surface area contributed by atoms with E-state index in [1.54, 1.807) is 4.90 Å². The highest BCUT2D eigenvalue weighted by molar-refractivity contribution is 5.81. The van der Waals surface area contributed by atoms with Crippen molar-refractivity contribution in [1.29, 1.82) is 0 Å². The maximum absolute atomic E-state index is 5.60. The minimum atomic E-state index is 0.273. The topological polar surface area (TPSA) is 94.0 Å². The van der Waals surface area contributed by atoms with Gasteiger partial charge in [0.2, 0.25) is 11.6 Å². The molecule has 0 amide bonds. The Labute approximate surface area is 73.5 Å². The fraction of sp³-hybridized carbons (Fsp3) is 0.333. The number of nitrogen functional groups attached to an aromatic ring is 1. The first kappa shape index (κ1) is 7.71. The largest absolute Gasteiger partial charge is 0.382 e. The third kappa shape index (κ3) is 1.13. The zero-order valence-corrected chi connectivity index (χ0v) is 7.22. The van der Waals surface area contributed by atoms with Crippen molar-refractivity contribution < 1.29 is 4.63 Å². The van der Waals surface area contributed by atoms with Gasteiger partial charge in [-0.05, 0) is 10.3 Å². The molecule has 0 spiro atoms. The van der Waals surface area contributed by atoms with Crippen LogP contribution in [0.1, 0.15) is 0 Å². The lowest BCUT2D eigenvalue weighted by Crippen LogP contribution is -2.13. The van der Waals surface area contributed by atoms with Crippen molar-refractivity contribution in [3.63, 3.8) is 0 Å². The highest BCUT2D eigenvalue weighted by Crippen LogP contribution is 2.15. The Morgan fingerprint density at radius 3 is 2.69 bits per heavy atom. The molecular formula is C6H8N6O. The quantitative estimate of drug-likeness (QED) is 0.641. The van der Waals surface area contributed by atoms with Gasteiger partial charge in [-0.2, -0.15) is 9.97 Å². The predicted octanol–water partition coefficient (Wildman–Crippen LogP) is -0.339. The first-order valence-corrected chi connectivity index (χ1v) is 3.61. The minimum absolute atomic E-state index is 0.273. The average Bonchev–Trinajstić information content (AvgIpc) is 2.51. The molecular weight excluding hydrogens is 172 g/mol. The van der Waals surface area contributed by atoms with Crippen molar-refractivity contribution in [2.24, 2.45) is 0 Å². The van der Waals surface area contributed by atoms with Gasteiger partial charge < -0.3 is 10.6 Å². The molecule has 2 heterocycles. The number of hydrogen-bond donors (Lipinski definition) is 1. The molecule has 68 valence electrons. The summed E-state index contributed by atoms with van der Waals surface area (Å²) >= 11 is 0. The van der Waals surface area contributed by atoms with Crippen molar-refractivity contribution >= 4 is 22.9 Å². The van der Waals surface area contributed by atoms with Crippen LogP contribution in [0.2, 0.25) is 0 Å². The van der Waals surface area contributed by atoms with E-state index < -0.39 is 0 Å². The Kier molecular flexibility index (Phi) is 1.51. The molecule has 0 unspecified atom stereocenters. The van der Waals surface area contributed by atoms with Crippen LogP contribution in [0.25, 0.3) is 11.2 Å². The van der Waals surface area contributed by atoms with Crippen molar-refractivity contribution in [2.45, 2.75) is 0 Å². The lowest BCUT2D eigenvalue weighted by Gasteiger charge is -2.08. The Morgan fingerprint density at radius 2 is 2.00 bits per heavy atom. The van der Waals surface area contributed by atoms with Crippen LogP contribution in [0, 0.1) is 0 Å². The first-order valence-electron chi connectivity index (χ1n) is 3.61. The van der Waals surface area contributed by atoms with Crippen molar-refractivity contribution in [2.75, 3.05) is 24.7 Å². The van der Waals surface area contributed by atoms with Crippen LogP contribution >= 0.6 is 0 Å². The van der Waals surface area contributed by atoms with E-state index in [1.165, 1.54) is 0 Å². The summed E-state index contributed by atoms with van der Waals surface area (Å²) in [5.41, 5.74) is 6.36. The number of rotatable bonds is 1. The molecule has 2 rings (SSSR count). The van der Waals surface area contributed by atoms with Gasteiger partial charge >= 0.3 is 0 Å². The number of anilines is 2. The van der Waals surface area contributed by atoms with E-state index in [0.717, 1.165) is 0 Å². The van der Waals surface area contributed by atoms with Gasteiger partial charge in [0.25, 0.3) is 0 Å². The summed E-state index contributed by atoms with van der Waals surface area (Å²) in [7, 11) is 3.63. The van der Waals surface area contributed by atoms with Gasteiger partial charge in [-0.3, -0.25) is 0 Å². The summed E-state index contributed by atoms with van der Waals surface area (Å²) in [4.78, 5) is 9.79. The predicted molar refractivity (Wildman–Crippen MR) is 46.1 cm³/mol. The average molecular weight is 180 g/mol. The molecule has 0 aromatic carbocycles. The lowest BCUT2D eigenvalue weighted by atomic mass is 10.5. The molecule has 0 fully saturated rings. The Hall–Kier alpha value is -1.92. The molecule has 0 radical (unpaired) electrons. The van der Waals surface area contributed by atoms with E-state index in [-0.39, 0.29) is 5.82 Å². The second kappa shape index (κ2) is 2.54. The molecule has 0 saturated heterocycles. The van der Waals surface area contributed by atoms with Crippen molar-refractivity contribution in [1.82, 2.24) is 20.3 Å². The third-order valence-corrected chi connectivity index (χ3v) is 1.54. The Bertz CT molecular complexity index is 436. The fourth-order valence-electron chi connectivity index (χ4n) is 0.899. The molecule has 13 heavy (non-hydrogen) atoms. The normalized spacial score (nSPS) is 10.6. The van der Waals surface area contributed by atoms with Gasteiger partial charge in [0, 0.05) is 14.1 Å². The van der Waals surface area contributed by atoms with Crippen LogP contribution in [0.15, 0.2) is 4.63 Å². The maximum atomic E-state index is 5.60. The summed E-state index contributed by atoms with van der Waals surface area (Å²) in [6, 6.07) is 0. The van der Waals surface area contributed by atoms with E-state index in [1.807, 2.05) is 14.1 Å². The SMILES string of the molecule is CN(C)c1nc(N)c2nonc2n1. The Morgan fingerprint density at radius 1 is 1.23 bits per heavy atom. The van der Waals surface area contributed by atoms with Crippen molar-refractivity contribution in [3.05, 3.63) is 0 Å². The maximum Gasteiger partial charge on any atom is 0.231 e.